The minimum Gasteiger partial charge on any atom is -0.395 e. The van der Waals surface area contributed by atoms with Crippen LogP contribution >= 0.6 is 11.8 Å². The number of rotatable bonds is 9. The first-order chi connectivity index (χ1) is 13.7. The molecule has 0 atom stereocenters. The zero-order valence-corrected chi connectivity index (χ0v) is 17.4. The maximum absolute atomic E-state index is 9.00. The van der Waals surface area contributed by atoms with Crippen LogP contribution in [0.1, 0.15) is 11.1 Å². The molecule has 1 heterocycles. The van der Waals surface area contributed by atoms with E-state index in [2.05, 4.69) is 64.2 Å². The molecule has 0 aliphatic carbocycles. The molecule has 0 aliphatic heterocycles. The average Bonchev–Trinajstić information content (AvgIpc) is 2.74. The van der Waals surface area contributed by atoms with Gasteiger partial charge < -0.3 is 15.3 Å². The van der Waals surface area contributed by atoms with Crippen molar-refractivity contribution in [3.8, 4) is 0 Å². The van der Waals surface area contributed by atoms with Gasteiger partial charge in [0.2, 0.25) is 0 Å². The third kappa shape index (κ3) is 6.87. The number of aryl methyl sites for hydroxylation is 1. The van der Waals surface area contributed by atoms with Gasteiger partial charge in [-0.05, 0) is 23.4 Å². The van der Waals surface area contributed by atoms with Gasteiger partial charge in [0.05, 0.1) is 12.4 Å². The van der Waals surface area contributed by atoms with E-state index < -0.39 is 0 Å². The van der Waals surface area contributed by atoms with Gasteiger partial charge in [-0.25, -0.2) is 4.57 Å². The molecular formula is C22H29N4OS+. The summed E-state index contributed by atoms with van der Waals surface area (Å²) in [7, 11) is 3.75. The Morgan fingerprint density at radius 1 is 1.25 bits per heavy atom. The summed E-state index contributed by atoms with van der Waals surface area (Å²) in [5, 5.41) is 13.2. The van der Waals surface area contributed by atoms with Crippen LogP contribution < -0.4 is 9.88 Å². The third-order valence-electron chi connectivity index (χ3n) is 4.11. The number of aliphatic hydroxyl groups excluding tert-OH is 1. The van der Waals surface area contributed by atoms with Crippen LogP contribution in [-0.4, -0.2) is 48.2 Å². The number of anilines is 1. The van der Waals surface area contributed by atoms with Gasteiger partial charge in [0.15, 0.2) is 24.1 Å². The van der Waals surface area contributed by atoms with Gasteiger partial charge in [0, 0.05) is 38.5 Å². The first-order valence-electron chi connectivity index (χ1n) is 9.24. The Hall–Kier alpha value is -2.57. The summed E-state index contributed by atoms with van der Waals surface area (Å²) < 4.78 is 2.17. The maximum Gasteiger partial charge on any atom is 0.169 e. The summed E-state index contributed by atoms with van der Waals surface area (Å²) in [6.45, 7) is 5.34. The largest absolute Gasteiger partial charge is 0.395 e. The Morgan fingerprint density at radius 2 is 2.00 bits per heavy atom. The van der Waals surface area contributed by atoms with E-state index in [0.29, 0.717) is 6.54 Å². The summed E-state index contributed by atoms with van der Waals surface area (Å²) in [4.78, 5) is 6.21. The predicted molar refractivity (Wildman–Crippen MR) is 121 cm³/mol. The topological polar surface area (TPSA) is 51.7 Å². The van der Waals surface area contributed by atoms with Crippen molar-refractivity contribution >= 4 is 34.8 Å². The number of thioether (sulfide) groups is 1. The van der Waals surface area contributed by atoms with E-state index in [1.807, 2.05) is 30.1 Å². The average molecular weight is 398 g/mol. The zero-order chi connectivity index (χ0) is 20.2. The molecular weight excluding hydrogens is 368 g/mol. The van der Waals surface area contributed by atoms with Crippen LogP contribution in [0.3, 0.4) is 0 Å². The fourth-order valence-corrected chi connectivity index (χ4v) is 3.45. The van der Waals surface area contributed by atoms with Crippen LogP contribution in [0.15, 0.2) is 66.6 Å². The Bertz CT molecular complexity index is 802. The standard InChI is InChI=1S/C22H28N4OS/c1-4-25(3)22(23-2)28-18-16-26-14-11-19(12-15-26)9-10-20-7-5-6-8-21(20)24-13-17-27/h4-12,14-15,27H,1,13,16-18H2,2-3H3/p+1/b23-22-. The molecule has 6 heteroatoms. The number of aromatic nitrogens is 1. The minimum atomic E-state index is 0.116. The number of hydrogen-bond acceptors (Lipinski definition) is 4. The van der Waals surface area contributed by atoms with Crippen molar-refractivity contribution in [3.63, 3.8) is 0 Å². The van der Waals surface area contributed by atoms with Crippen molar-refractivity contribution in [3.05, 3.63) is 72.7 Å². The van der Waals surface area contributed by atoms with Crippen molar-refractivity contribution < 1.29 is 9.67 Å². The molecule has 0 unspecified atom stereocenters. The van der Waals surface area contributed by atoms with Crippen LogP contribution in [0.5, 0.6) is 0 Å². The van der Waals surface area contributed by atoms with Crippen LogP contribution in [-0.2, 0) is 6.54 Å². The fraction of sp³-hybridized carbons (Fsp3) is 0.273. The number of para-hydroxylation sites is 1. The highest BCUT2D eigenvalue weighted by molar-refractivity contribution is 8.13. The van der Waals surface area contributed by atoms with Gasteiger partial charge in [-0.15, -0.1) is 0 Å². The number of amidine groups is 1. The first-order valence-corrected chi connectivity index (χ1v) is 10.2. The summed E-state index contributed by atoms with van der Waals surface area (Å²) in [5.74, 6) is 0.939. The fourth-order valence-electron chi connectivity index (χ4n) is 2.55. The lowest BCUT2D eigenvalue weighted by Crippen LogP contribution is -2.34. The number of hydrogen-bond donors (Lipinski definition) is 2. The van der Waals surface area contributed by atoms with Crippen molar-refractivity contribution in [1.29, 1.82) is 0 Å². The first kappa shape index (κ1) is 21.7. The highest BCUT2D eigenvalue weighted by Gasteiger charge is 2.06. The van der Waals surface area contributed by atoms with E-state index in [1.54, 1.807) is 25.0 Å². The molecule has 1 aromatic heterocycles. The van der Waals surface area contributed by atoms with Crippen molar-refractivity contribution in [2.45, 2.75) is 6.54 Å². The highest BCUT2D eigenvalue weighted by Crippen LogP contribution is 2.17. The molecule has 148 valence electrons. The lowest BCUT2D eigenvalue weighted by atomic mass is 10.1. The van der Waals surface area contributed by atoms with Crippen LogP contribution in [0.25, 0.3) is 12.2 Å². The number of pyridine rings is 1. The Balaban J connectivity index is 1.92. The molecule has 2 N–H and O–H groups in total. The summed E-state index contributed by atoms with van der Waals surface area (Å²) >= 11 is 1.71. The number of aliphatic imine (C=N–C) groups is 1. The molecule has 0 fully saturated rings. The summed E-state index contributed by atoms with van der Waals surface area (Å²) in [6, 6.07) is 12.3. The second-order valence-electron chi connectivity index (χ2n) is 6.09. The van der Waals surface area contributed by atoms with Gasteiger partial charge in [-0.2, -0.15) is 0 Å². The number of benzene rings is 1. The van der Waals surface area contributed by atoms with E-state index in [4.69, 9.17) is 5.11 Å². The van der Waals surface area contributed by atoms with E-state index in [0.717, 1.165) is 34.3 Å². The number of aliphatic hydroxyl groups is 1. The molecule has 0 bridgehead atoms. The van der Waals surface area contributed by atoms with Crippen molar-refractivity contribution in [1.82, 2.24) is 4.90 Å². The van der Waals surface area contributed by atoms with Gasteiger partial charge in [-0.3, -0.25) is 4.99 Å². The number of nitrogens with one attached hydrogen (secondary N) is 1. The Morgan fingerprint density at radius 3 is 2.68 bits per heavy atom. The van der Waals surface area contributed by atoms with Crippen LogP contribution in [0, 0.1) is 0 Å². The molecule has 2 rings (SSSR count). The molecule has 28 heavy (non-hydrogen) atoms. The minimum absolute atomic E-state index is 0.116. The molecule has 0 saturated carbocycles. The predicted octanol–water partition coefficient (Wildman–Crippen LogP) is 3.34. The molecule has 0 aliphatic rings. The molecule has 0 amide bonds. The normalized spacial score (nSPS) is 11.6. The SMILES string of the molecule is C=CN(C)/C(=N/C)SCC[n+]1ccc(/C=C/c2ccccc2NCCO)cc1. The summed E-state index contributed by atoms with van der Waals surface area (Å²) in [5.41, 5.74) is 3.26. The van der Waals surface area contributed by atoms with Gasteiger partial charge in [0.25, 0.3) is 0 Å². The van der Waals surface area contributed by atoms with E-state index >= 15 is 0 Å². The monoisotopic (exact) mass is 397 g/mol. The molecule has 2 aromatic rings. The molecule has 5 nitrogen and oxygen atoms in total. The number of nitrogens with zero attached hydrogens (tertiary/aromatic N) is 3. The smallest absolute Gasteiger partial charge is 0.169 e. The molecule has 0 saturated heterocycles. The third-order valence-corrected chi connectivity index (χ3v) is 5.22. The second kappa shape index (κ2) is 12.0. The second-order valence-corrected chi connectivity index (χ2v) is 7.15. The maximum atomic E-state index is 9.00. The molecule has 0 radical (unpaired) electrons. The van der Waals surface area contributed by atoms with E-state index in [9.17, 15) is 0 Å². The summed E-state index contributed by atoms with van der Waals surface area (Å²) in [6.07, 6.45) is 10.1. The van der Waals surface area contributed by atoms with Crippen molar-refractivity contribution in [2.24, 2.45) is 4.99 Å². The van der Waals surface area contributed by atoms with Crippen LogP contribution in [0.2, 0.25) is 0 Å². The zero-order valence-electron chi connectivity index (χ0n) is 16.6. The van der Waals surface area contributed by atoms with E-state index in [1.165, 1.54) is 0 Å². The van der Waals surface area contributed by atoms with E-state index in [-0.39, 0.29) is 6.61 Å². The van der Waals surface area contributed by atoms with Gasteiger partial charge in [0.1, 0.15) is 0 Å². The van der Waals surface area contributed by atoms with Gasteiger partial charge >= 0.3 is 0 Å². The quantitative estimate of drug-likeness (QED) is 0.387. The lowest BCUT2D eigenvalue weighted by Gasteiger charge is -2.14. The Kier molecular flexibility index (Phi) is 9.31. The Labute approximate surface area is 172 Å². The molecule has 0 spiro atoms. The van der Waals surface area contributed by atoms with Crippen molar-refractivity contribution in [2.75, 3.05) is 38.3 Å². The van der Waals surface area contributed by atoms with Gasteiger partial charge in [-0.1, -0.05) is 48.7 Å². The van der Waals surface area contributed by atoms with Crippen LogP contribution in [0.4, 0.5) is 5.69 Å². The molecule has 1 aromatic carbocycles. The highest BCUT2D eigenvalue weighted by atomic mass is 32.2. The lowest BCUT2D eigenvalue weighted by molar-refractivity contribution is -0.692.